The summed E-state index contributed by atoms with van der Waals surface area (Å²) in [6.07, 6.45) is 0. The molecule has 3 rings (SSSR count). The molecule has 0 saturated heterocycles. The Balaban J connectivity index is 2.06. The normalized spacial score (nSPS) is 19.7. The zero-order valence-electron chi connectivity index (χ0n) is 12.0. The lowest BCUT2D eigenvalue weighted by Crippen LogP contribution is -2.44. The van der Waals surface area contributed by atoms with Crippen molar-refractivity contribution in [2.24, 2.45) is 0 Å². The van der Waals surface area contributed by atoms with E-state index in [0.717, 1.165) is 5.56 Å². The molecule has 1 heterocycles. The summed E-state index contributed by atoms with van der Waals surface area (Å²) in [7, 11) is 0. The molecule has 1 atom stereocenters. The summed E-state index contributed by atoms with van der Waals surface area (Å²) < 4.78 is 0.646. The second-order valence-electron chi connectivity index (χ2n) is 5.39. The SMILES string of the molecule is O=C1N(Cc2ccccc2)c2ccc(Br)cc2C1(O)C[N+](=O)[O-]. The second kappa shape index (κ2) is 5.75. The molecule has 0 fully saturated rings. The summed E-state index contributed by atoms with van der Waals surface area (Å²) in [4.78, 5) is 24.3. The third kappa shape index (κ3) is 2.73. The zero-order valence-corrected chi connectivity index (χ0v) is 13.6. The first-order chi connectivity index (χ1) is 10.9. The molecule has 6 nitrogen and oxygen atoms in total. The standard InChI is InChI=1S/C16H13BrN2O4/c17-12-6-7-14-13(8-12)16(21,10-19(22)23)15(20)18(14)9-11-4-2-1-3-5-11/h1-8,21H,9-10H2. The van der Waals surface area contributed by atoms with Gasteiger partial charge in [-0.3, -0.25) is 14.9 Å². The molecule has 1 aliphatic heterocycles. The number of carbonyl (C=O) groups is 1. The van der Waals surface area contributed by atoms with E-state index >= 15 is 0 Å². The molecule has 0 aliphatic carbocycles. The summed E-state index contributed by atoms with van der Waals surface area (Å²) in [6.45, 7) is -0.616. The van der Waals surface area contributed by atoms with Crippen LogP contribution in [-0.4, -0.2) is 22.5 Å². The predicted molar refractivity (Wildman–Crippen MR) is 87.5 cm³/mol. The molecule has 2 aromatic carbocycles. The van der Waals surface area contributed by atoms with Gasteiger partial charge in [0, 0.05) is 15.0 Å². The molecule has 7 heteroatoms. The molecule has 2 aromatic rings. The summed E-state index contributed by atoms with van der Waals surface area (Å²) in [6, 6.07) is 14.3. The fraction of sp³-hybridized carbons (Fsp3) is 0.188. The van der Waals surface area contributed by atoms with Crippen LogP contribution in [0.4, 0.5) is 5.69 Å². The van der Waals surface area contributed by atoms with Gasteiger partial charge in [-0.1, -0.05) is 46.3 Å². The molecule has 0 aromatic heterocycles. The molecule has 1 aliphatic rings. The van der Waals surface area contributed by atoms with E-state index < -0.39 is 23.0 Å². The number of benzene rings is 2. The number of amides is 1. The molecule has 0 saturated carbocycles. The number of anilines is 1. The smallest absolute Gasteiger partial charge is 0.271 e. The van der Waals surface area contributed by atoms with Gasteiger partial charge in [-0.05, 0) is 23.8 Å². The van der Waals surface area contributed by atoms with Crippen molar-refractivity contribution in [2.75, 3.05) is 11.4 Å². The quantitative estimate of drug-likeness (QED) is 0.656. The van der Waals surface area contributed by atoms with Gasteiger partial charge in [-0.15, -0.1) is 0 Å². The van der Waals surface area contributed by atoms with Gasteiger partial charge in [0.05, 0.1) is 12.2 Å². The van der Waals surface area contributed by atoms with Gasteiger partial charge in [0.2, 0.25) is 12.1 Å². The Kier molecular flexibility index (Phi) is 3.91. The van der Waals surface area contributed by atoms with Crippen LogP contribution in [-0.2, 0) is 16.9 Å². The fourth-order valence-electron chi connectivity index (χ4n) is 2.79. The first-order valence-corrected chi connectivity index (χ1v) is 7.71. The van der Waals surface area contributed by atoms with E-state index in [-0.39, 0.29) is 12.1 Å². The topological polar surface area (TPSA) is 83.7 Å². The Hall–Kier alpha value is -2.25. The molecular formula is C16H13BrN2O4. The third-order valence-electron chi connectivity index (χ3n) is 3.84. The average Bonchev–Trinajstić information content (AvgIpc) is 2.70. The molecule has 0 radical (unpaired) electrons. The van der Waals surface area contributed by atoms with Crippen LogP contribution in [0.3, 0.4) is 0 Å². The fourth-order valence-corrected chi connectivity index (χ4v) is 3.15. The van der Waals surface area contributed by atoms with Gasteiger partial charge >= 0.3 is 0 Å². The van der Waals surface area contributed by atoms with Crippen LogP contribution in [0.1, 0.15) is 11.1 Å². The second-order valence-corrected chi connectivity index (χ2v) is 6.31. The maximum Gasteiger partial charge on any atom is 0.271 e. The van der Waals surface area contributed by atoms with Crippen LogP contribution in [0, 0.1) is 10.1 Å². The minimum absolute atomic E-state index is 0.244. The van der Waals surface area contributed by atoms with Gasteiger partial charge in [0.15, 0.2) is 0 Å². The van der Waals surface area contributed by atoms with Crippen molar-refractivity contribution in [2.45, 2.75) is 12.1 Å². The van der Waals surface area contributed by atoms with E-state index in [2.05, 4.69) is 15.9 Å². The van der Waals surface area contributed by atoms with Gasteiger partial charge in [-0.25, -0.2) is 0 Å². The number of aliphatic hydroxyl groups is 1. The minimum atomic E-state index is -2.14. The Labute approximate surface area is 140 Å². The van der Waals surface area contributed by atoms with Gasteiger partial charge in [-0.2, -0.15) is 0 Å². The van der Waals surface area contributed by atoms with Gasteiger partial charge in [0.1, 0.15) is 0 Å². The van der Waals surface area contributed by atoms with E-state index in [4.69, 9.17) is 0 Å². The van der Waals surface area contributed by atoms with E-state index in [1.54, 1.807) is 18.2 Å². The minimum Gasteiger partial charge on any atom is -0.370 e. The van der Waals surface area contributed by atoms with Crippen LogP contribution in [0.5, 0.6) is 0 Å². The molecule has 118 valence electrons. The Morgan fingerprint density at radius 3 is 2.57 bits per heavy atom. The van der Waals surface area contributed by atoms with Crippen molar-refractivity contribution in [3.05, 3.63) is 74.2 Å². The van der Waals surface area contributed by atoms with Crippen molar-refractivity contribution in [1.82, 2.24) is 0 Å². The summed E-state index contributed by atoms with van der Waals surface area (Å²) in [5.74, 6) is -0.675. The molecule has 0 spiro atoms. The number of hydrogen-bond donors (Lipinski definition) is 1. The Bertz CT molecular complexity index is 781. The highest BCUT2D eigenvalue weighted by molar-refractivity contribution is 9.10. The maximum absolute atomic E-state index is 12.7. The summed E-state index contributed by atoms with van der Waals surface area (Å²) in [5.41, 5.74) is -0.520. The van der Waals surface area contributed by atoms with E-state index in [9.17, 15) is 20.0 Å². The third-order valence-corrected chi connectivity index (χ3v) is 4.33. The highest BCUT2D eigenvalue weighted by Crippen LogP contribution is 2.42. The first kappa shape index (κ1) is 15.6. The molecule has 0 bridgehead atoms. The Morgan fingerprint density at radius 1 is 1.22 bits per heavy atom. The summed E-state index contributed by atoms with van der Waals surface area (Å²) in [5, 5.41) is 21.6. The van der Waals surface area contributed by atoms with E-state index in [1.807, 2.05) is 30.3 Å². The van der Waals surface area contributed by atoms with Crippen LogP contribution in [0.25, 0.3) is 0 Å². The lowest BCUT2D eigenvalue weighted by Gasteiger charge is -2.20. The monoisotopic (exact) mass is 376 g/mol. The largest absolute Gasteiger partial charge is 0.370 e. The van der Waals surface area contributed by atoms with Gasteiger partial charge in [0.25, 0.3) is 5.91 Å². The molecule has 1 unspecified atom stereocenters. The number of fused-ring (bicyclic) bond motifs is 1. The van der Waals surface area contributed by atoms with Crippen LogP contribution < -0.4 is 4.90 Å². The molecular weight excluding hydrogens is 364 g/mol. The van der Waals surface area contributed by atoms with Gasteiger partial charge < -0.3 is 10.0 Å². The number of halogens is 1. The first-order valence-electron chi connectivity index (χ1n) is 6.92. The lowest BCUT2D eigenvalue weighted by atomic mass is 9.96. The maximum atomic E-state index is 12.7. The highest BCUT2D eigenvalue weighted by atomic mass is 79.9. The predicted octanol–water partition coefficient (Wildman–Crippen LogP) is 2.46. The van der Waals surface area contributed by atoms with Crippen molar-refractivity contribution in [3.8, 4) is 0 Å². The van der Waals surface area contributed by atoms with E-state index in [1.165, 1.54) is 4.90 Å². The zero-order chi connectivity index (χ0) is 16.6. The lowest BCUT2D eigenvalue weighted by molar-refractivity contribution is -0.498. The number of nitro groups is 1. The van der Waals surface area contributed by atoms with Crippen LogP contribution >= 0.6 is 15.9 Å². The average molecular weight is 377 g/mol. The van der Waals surface area contributed by atoms with E-state index in [0.29, 0.717) is 10.2 Å². The highest BCUT2D eigenvalue weighted by Gasteiger charge is 2.53. The molecule has 1 amide bonds. The van der Waals surface area contributed by atoms with Crippen molar-refractivity contribution >= 4 is 27.5 Å². The van der Waals surface area contributed by atoms with Crippen LogP contribution in [0.15, 0.2) is 53.0 Å². The van der Waals surface area contributed by atoms with Crippen molar-refractivity contribution in [3.63, 3.8) is 0 Å². The number of hydrogen-bond acceptors (Lipinski definition) is 4. The summed E-state index contributed by atoms with van der Waals surface area (Å²) >= 11 is 3.28. The van der Waals surface area contributed by atoms with Crippen molar-refractivity contribution < 1.29 is 14.8 Å². The van der Waals surface area contributed by atoms with Crippen molar-refractivity contribution in [1.29, 1.82) is 0 Å². The number of carbonyl (C=O) groups excluding carboxylic acids is 1. The Morgan fingerprint density at radius 2 is 1.91 bits per heavy atom. The molecule has 1 N–H and O–H groups in total. The number of nitrogens with zero attached hydrogens (tertiary/aromatic N) is 2. The molecule has 23 heavy (non-hydrogen) atoms. The number of rotatable bonds is 4. The van der Waals surface area contributed by atoms with Crippen LogP contribution in [0.2, 0.25) is 0 Å².